The Morgan fingerprint density at radius 1 is 1.00 bits per heavy atom. The average Bonchev–Trinajstić information content (AvgIpc) is 3.20. The number of rotatable bonds is 8. The smallest absolute Gasteiger partial charge is 0.407 e. The number of hydrogen-bond acceptors (Lipinski definition) is 4. The Morgan fingerprint density at radius 2 is 1.57 bits per heavy atom. The Kier molecular flexibility index (Phi) is 7.15. The van der Waals surface area contributed by atoms with E-state index in [1.54, 1.807) is 6.92 Å². The number of carboxylic acid groups (broad SMARTS) is 1. The Labute approximate surface area is 206 Å². The minimum atomic E-state index is -1.23. The van der Waals surface area contributed by atoms with E-state index < -0.39 is 23.0 Å². The highest BCUT2D eigenvalue weighted by Crippen LogP contribution is 2.44. The number of hydrogen-bond donors (Lipinski definition) is 3. The van der Waals surface area contributed by atoms with Crippen molar-refractivity contribution in [3.05, 3.63) is 59.7 Å². The lowest BCUT2D eigenvalue weighted by atomic mass is 9.79. The van der Waals surface area contributed by atoms with Crippen LogP contribution in [0.5, 0.6) is 0 Å². The molecular weight excluding hydrogens is 444 g/mol. The molecule has 2 aliphatic carbocycles. The van der Waals surface area contributed by atoms with Crippen LogP contribution in [0.25, 0.3) is 11.1 Å². The van der Waals surface area contributed by atoms with Gasteiger partial charge in [-0.25, -0.2) is 9.59 Å². The highest BCUT2D eigenvalue weighted by Gasteiger charge is 2.44. The molecule has 0 spiro atoms. The quantitative estimate of drug-likeness (QED) is 0.503. The molecule has 2 aliphatic rings. The van der Waals surface area contributed by atoms with Gasteiger partial charge in [0.15, 0.2) is 0 Å². The van der Waals surface area contributed by atoms with Gasteiger partial charge in [-0.3, -0.25) is 4.79 Å². The number of carboxylic acids is 1. The van der Waals surface area contributed by atoms with Crippen molar-refractivity contribution >= 4 is 18.0 Å². The summed E-state index contributed by atoms with van der Waals surface area (Å²) in [7, 11) is 0. The third-order valence-corrected chi connectivity index (χ3v) is 7.76. The monoisotopic (exact) mass is 478 g/mol. The van der Waals surface area contributed by atoms with Gasteiger partial charge in [-0.15, -0.1) is 0 Å². The zero-order chi connectivity index (χ0) is 25.1. The maximum Gasteiger partial charge on any atom is 0.407 e. The second-order valence-corrected chi connectivity index (χ2v) is 10.00. The molecular formula is C28H34N2O5. The average molecular weight is 479 g/mol. The van der Waals surface area contributed by atoms with E-state index in [4.69, 9.17) is 4.74 Å². The van der Waals surface area contributed by atoms with Crippen LogP contribution < -0.4 is 10.6 Å². The summed E-state index contributed by atoms with van der Waals surface area (Å²) in [4.78, 5) is 37.7. The zero-order valence-electron chi connectivity index (χ0n) is 20.4. The summed E-state index contributed by atoms with van der Waals surface area (Å²) >= 11 is 0. The minimum Gasteiger partial charge on any atom is -0.480 e. The van der Waals surface area contributed by atoms with Crippen molar-refractivity contribution in [2.24, 2.45) is 5.41 Å². The SMILES string of the molecule is CCC(C)(CNC(=O)OCC1c2ccccc2-c2ccccc21)C(=O)NC1(C(=O)O)CCCCC1. The third kappa shape index (κ3) is 4.90. The van der Waals surface area contributed by atoms with Crippen molar-refractivity contribution in [2.45, 2.75) is 63.8 Å². The van der Waals surface area contributed by atoms with Gasteiger partial charge < -0.3 is 20.5 Å². The fourth-order valence-corrected chi connectivity index (χ4v) is 5.20. The van der Waals surface area contributed by atoms with E-state index in [9.17, 15) is 19.5 Å². The molecule has 1 atom stereocenters. The van der Waals surface area contributed by atoms with Crippen LogP contribution in [0.4, 0.5) is 4.79 Å². The fourth-order valence-electron chi connectivity index (χ4n) is 5.20. The Bertz CT molecular complexity index is 1060. The molecule has 35 heavy (non-hydrogen) atoms. The summed E-state index contributed by atoms with van der Waals surface area (Å²) in [6.45, 7) is 3.84. The predicted octanol–water partition coefficient (Wildman–Crippen LogP) is 4.85. The lowest BCUT2D eigenvalue weighted by Gasteiger charge is -2.37. The molecule has 0 aromatic heterocycles. The van der Waals surface area contributed by atoms with Crippen molar-refractivity contribution in [3.8, 4) is 11.1 Å². The third-order valence-electron chi connectivity index (χ3n) is 7.76. The number of nitrogens with one attached hydrogen (secondary N) is 2. The molecule has 1 unspecified atom stereocenters. The van der Waals surface area contributed by atoms with E-state index in [1.165, 1.54) is 0 Å². The van der Waals surface area contributed by atoms with Crippen LogP contribution in [-0.2, 0) is 14.3 Å². The molecule has 4 rings (SSSR count). The van der Waals surface area contributed by atoms with Gasteiger partial charge in [0.2, 0.25) is 5.91 Å². The lowest BCUT2D eigenvalue weighted by molar-refractivity contribution is -0.151. The summed E-state index contributed by atoms with van der Waals surface area (Å²) in [5.74, 6) is -1.40. The van der Waals surface area contributed by atoms with Gasteiger partial charge in [0.1, 0.15) is 12.1 Å². The van der Waals surface area contributed by atoms with E-state index >= 15 is 0 Å². The van der Waals surface area contributed by atoms with Crippen LogP contribution in [0.2, 0.25) is 0 Å². The molecule has 186 valence electrons. The van der Waals surface area contributed by atoms with Crippen molar-refractivity contribution in [2.75, 3.05) is 13.2 Å². The number of carbonyl (C=O) groups excluding carboxylic acids is 2. The first-order chi connectivity index (χ1) is 16.8. The number of amides is 2. The van der Waals surface area contributed by atoms with Crippen molar-refractivity contribution < 1.29 is 24.2 Å². The zero-order valence-corrected chi connectivity index (χ0v) is 20.4. The van der Waals surface area contributed by atoms with E-state index in [0.717, 1.165) is 41.5 Å². The first kappa shape index (κ1) is 24.8. The molecule has 0 saturated heterocycles. The summed E-state index contributed by atoms with van der Waals surface area (Å²) in [5, 5.41) is 15.4. The maximum absolute atomic E-state index is 13.2. The summed E-state index contributed by atoms with van der Waals surface area (Å²) in [5.41, 5.74) is 2.39. The fraction of sp³-hybridized carbons (Fsp3) is 0.464. The van der Waals surface area contributed by atoms with Gasteiger partial charge in [0.25, 0.3) is 0 Å². The number of carbonyl (C=O) groups is 3. The van der Waals surface area contributed by atoms with E-state index in [1.807, 2.05) is 31.2 Å². The minimum absolute atomic E-state index is 0.0456. The van der Waals surface area contributed by atoms with Gasteiger partial charge in [-0.1, -0.05) is 74.7 Å². The molecule has 1 fully saturated rings. The number of alkyl carbamates (subject to hydrolysis) is 1. The molecule has 7 nitrogen and oxygen atoms in total. The van der Waals surface area contributed by atoms with Crippen molar-refractivity contribution in [1.29, 1.82) is 0 Å². The number of ether oxygens (including phenoxy) is 1. The standard InChI is InChI=1S/C28H34N2O5/c1-3-27(2,24(31)30-28(25(32)33)15-9-4-10-16-28)18-29-26(34)35-17-23-21-13-7-5-11-19(21)20-12-6-8-14-22(20)23/h5-8,11-14,23H,3-4,9-10,15-18H2,1-2H3,(H,29,34)(H,30,31)(H,32,33). The lowest BCUT2D eigenvalue weighted by Crippen LogP contribution is -2.60. The molecule has 0 heterocycles. The van der Waals surface area contributed by atoms with Crippen LogP contribution in [0.15, 0.2) is 48.5 Å². The highest BCUT2D eigenvalue weighted by atomic mass is 16.5. The van der Waals surface area contributed by atoms with Gasteiger partial charge in [0.05, 0.1) is 5.41 Å². The summed E-state index contributed by atoms with van der Waals surface area (Å²) in [6.07, 6.45) is 3.21. The van der Waals surface area contributed by atoms with E-state index in [-0.39, 0.29) is 25.0 Å². The number of aliphatic carboxylic acids is 1. The van der Waals surface area contributed by atoms with Crippen molar-refractivity contribution in [1.82, 2.24) is 10.6 Å². The van der Waals surface area contributed by atoms with E-state index in [0.29, 0.717) is 19.3 Å². The van der Waals surface area contributed by atoms with Crippen LogP contribution in [0.1, 0.15) is 69.4 Å². The molecule has 3 N–H and O–H groups in total. The Morgan fingerprint density at radius 3 is 2.11 bits per heavy atom. The molecule has 2 aromatic rings. The number of benzene rings is 2. The second-order valence-electron chi connectivity index (χ2n) is 10.00. The maximum atomic E-state index is 13.2. The molecule has 2 amide bonds. The normalized spacial score (nSPS) is 18.0. The molecule has 0 aliphatic heterocycles. The van der Waals surface area contributed by atoms with Gasteiger partial charge in [-0.05, 0) is 48.4 Å². The Balaban J connectivity index is 1.37. The van der Waals surface area contributed by atoms with Gasteiger partial charge in [-0.2, -0.15) is 0 Å². The van der Waals surface area contributed by atoms with Gasteiger partial charge in [0, 0.05) is 12.5 Å². The number of fused-ring (bicyclic) bond motifs is 3. The molecule has 0 bridgehead atoms. The predicted molar refractivity (Wildman–Crippen MR) is 133 cm³/mol. The van der Waals surface area contributed by atoms with Crippen LogP contribution in [0, 0.1) is 5.41 Å². The first-order valence-corrected chi connectivity index (χ1v) is 12.4. The summed E-state index contributed by atoms with van der Waals surface area (Å²) in [6, 6.07) is 16.3. The topological polar surface area (TPSA) is 105 Å². The van der Waals surface area contributed by atoms with Crippen LogP contribution in [-0.4, -0.2) is 41.8 Å². The molecule has 7 heteroatoms. The van der Waals surface area contributed by atoms with Gasteiger partial charge >= 0.3 is 12.1 Å². The molecule has 0 radical (unpaired) electrons. The highest BCUT2D eigenvalue weighted by molar-refractivity contribution is 5.90. The largest absolute Gasteiger partial charge is 0.480 e. The molecule has 1 saturated carbocycles. The van der Waals surface area contributed by atoms with E-state index in [2.05, 4.69) is 34.9 Å². The second kappa shape index (κ2) is 10.1. The Hall–Kier alpha value is -3.35. The van der Waals surface area contributed by atoms with Crippen molar-refractivity contribution in [3.63, 3.8) is 0 Å². The van der Waals surface area contributed by atoms with Crippen LogP contribution >= 0.6 is 0 Å². The summed E-state index contributed by atoms with van der Waals surface area (Å²) < 4.78 is 5.59. The molecule has 2 aromatic carbocycles. The first-order valence-electron chi connectivity index (χ1n) is 12.4. The van der Waals surface area contributed by atoms with Crippen LogP contribution in [0.3, 0.4) is 0 Å².